The van der Waals surface area contributed by atoms with Gasteiger partial charge in [0.15, 0.2) is 0 Å². The summed E-state index contributed by atoms with van der Waals surface area (Å²) >= 11 is 0. The lowest BCUT2D eigenvalue weighted by Gasteiger charge is -2.18. The third-order valence-electron chi connectivity index (χ3n) is 2.89. The van der Waals surface area contributed by atoms with Gasteiger partial charge in [-0.2, -0.15) is 4.31 Å². The van der Waals surface area contributed by atoms with Crippen LogP contribution in [0, 0.1) is 18.8 Å². The molecule has 0 aliphatic rings. The molecule has 1 N–H and O–H groups in total. The molecule has 116 valence electrons. The van der Waals surface area contributed by atoms with Crippen LogP contribution in [0.25, 0.3) is 0 Å². The van der Waals surface area contributed by atoms with Crippen LogP contribution in [0.3, 0.4) is 0 Å². The van der Waals surface area contributed by atoms with Gasteiger partial charge in [-0.1, -0.05) is 17.9 Å². The van der Waals surface area contributed by atoms with E-state index in [1.165, 1.54) is 18.5 Å². The molecular weight excluding hydrogens is 290 g/mol. The Bertz CT molecular complexity index is 629. The molecular formula is C15H21NO4S. The van der Waals surface area contributed by atoms with Crippen molar-refractivity contribution in [3.63, 3.8) is 0 Å². The molecule has 1 rings (SSSR count). The second-order valence-corrected chi connectivity index (χ2v) is 6.61. The van der Waals surface area contributed by atoms with Gasteiger partial charge in [-0.3, -0.25) is 0 Å². The Morgan fingerprint density at radius 3 is 2.71 bits per heavy atom. The van der Waals surface area contributed by atoms with Crippen LogP contribution in [0.5, 0.6) is 0 Å². The van der Waals surface area contributed by atoms with E-state index in [9.17, 15) is 8.42 Å². The van der Waals surface area contributed by atoms with Crippen LogP contribution < -0.4 is 0 Å². The number of rotatable bonds is 6. The van der Waals surface area contributed by atoms with Gasteiger partial charge >= 0.3 is 0 Å². The normalized spacial score (nSPS) is 11.3. The fraction of sp³-hybridized carbons (Fsp3) is 0.467. The molecule has 0 heterocycles. The van der Waals surface area contributed by atoms with Crippen molar-refractivity contribution < 1.29 is 18.3 Å². The third kappa shape index (κ3) is 4.83. The maximum absolute atomic E-state index is 12.6. The van der Waals surface area contributed by atoms with Gasteiger partial charge in [0.05, 0.1) is 18.1 Å². The molecule has 21 heavy (non-hydrogen) atoms. The Kier molecular flexibility index (Phi) is 6.85. The minimum absolute atomic E-state index is 0.0470. The Balaban J connectivity index is 3.20. The van der Waals surface area contributed by atoms with Gasteiger partial charge in [-0.15, -0.1) is 0 Å². The second-order valence-electron chi connectivity index (χ2n) is 4.59. The molecule has 1 aromatic rings. The van der Waals surface area contributed by atoms with Gasteiger partial charge in [0, 0.05) is 32.7 Å². The summed E-state index contributed by atoms with van der Waals surface area (Å²) < 4.78 is 31.3. The van der Waals surface area contributed by atoms with Crippen molar-refractivity contribution in [2.45, 2.75) is 18.2 Å². The number of nitrogens with zero attached hydrogens (tertiary/aromatic N) is 1. The topological polar surface area (TPSA) is 66.8 Å². The zero-order valence-corrected chi connectivity index (χ0v) is 13.4. The highest BCUT2D eigenvalue weighted by Gasteiger charge is 2.23. The lowest BCUT2D eigenvalue weighted by molar-refractivity contribution is 0.185. The highest BCUT2D eigenvalue weighted by Crippen LogP contribution is 2.20. The lowest BCUT2D eigenvalue weighted by atomic mass is 10.1. The highest BCUT2D eigenvalue weighted by molar-refractivity contribution is 7.89. The molecule has 1 aromatic carbocycles. The first kappa shape index (κ1) is 17.7. The molecule has 6 heteroatoms. The van der Waals surface area contributed by atoms with Crippen molar-refractivity contribution >= 4 is 10.0 Å². The van der Waals surface area contributed by atoms with Gasteiger partial charge in [-0.05, 0) is 24.6 Å². The lowest BCUT2D eigenvalue weighted by Crippen LogP contribution is -2.30. The average Bonchev–Trinajstić information content (AvgIpc) is 2.44. The number of aryl methyl sites for hydroxylation is 1. The Morgan fingerprint density at radius 1 is 1.38 bits per heavy atom. The van der Waals surface area contributed by atoms with Crippen LogP contribution in [0.15, 0.2) is 23.1 Å². The van der Waals surface area contributed by atoms with E-state index in [1.807, 2.05) is 6.92 Å². The van der Waals surface area contributed by atoms with Crippen molar-refractivity contribution in [2.75, 3.05) is 33.9 Å². The summed E-state index contributed by atoms with van der Waals surface area (Å²) in [5.74, 6) is 5.59. The Morgan fingerprint density at radius 2 is 2.10 bits per heavy atom. The number of benzene rings is 1. The van der Waals surface area contributed by atoms with Crippen LogP contribution >= 0.6 is 0 Å². The van der Waals surface area contributed by atoms with E-state index in [2.05, 4.69) is 11.8 Å². The first-order chi connectivity index (χ1) is 9.93. The molecule has 0 amide bonds. The average molecular weight is 311 g/mol. The van der Waals surface area contributed by atoms with Crippen molar-refractivity contribution in [3.8, 4) is 11.8 Å². The van der Waals surface area contributed by atoms with E-state index >= 15 is 0 Å². The molecule has 0 aromatic heterocycles. The van der Waals surface area contributed by atoms with E-state index in [1.54, 1.807) is 18.2 Å². The third-order valence-corrected chi connectivity index (χ3v) is 4.81. The summed E-state index contributed by atoms with van der Waals surface area (Å²) in [6.45, 7) is 2.43. The molecule has 0 bridgehead atoms. The first-order valence-electron chi connectivity index (χ1n) is 6.59. The number of ether oxygens (including phenoxy) is 1. The van der Waals surface area contributed by atoms with Crippen LogP contribution in [-0.2, 0) is 14.8 Å². The molecule has 0 aliphatic carbocycles. The second kappa shape index (κ2) is 8.15. The maximum Gasteiger partial charge on any atom is 0.244 e. The predicted molar refractivity (Wildman–Crippen MR) is 81.5 cm³/mol. The molecule has 0 atom stereocenters. The maximum atomic E-state index is 12.6. The largest absolute Gasteiger partial charge is 0.395 e. The number of likely N-dealkylation sites (N-methyl/N-ethyl adjacent to an activating group) is 1. The molecule has 0 spiro atoms. The minimum atomic E-state index is -3.61. The quantitative estimate of drug-likeness (QED) is 0.796. The smallest absolute Gasteiger partial charge is 0.244 e. The predicted octanol–water partition coefficient (Wildman–Crippen LogP) is 0.996. The zero-order valence-electron chi connectivity index (χ0n) is 12.6. The van der Waals surface area contributed by atoms with E-state index in [-0.39, 0.29) is 18.0 Å². The van der Waals surface area contributed by atoms with Gasteiger partial charge < -0.3 is 9.84 Å². The van der Waals surface area contributed by atoms with Gasteiger partial charge in [-0.25, -0.2) is 8.42 Å². The first-order valence-corrected chi connectivity index (χ1v) is 8.03. The Labute approximate surface area is 126 Å². The zero-order chi connectivity index (χ0) is 15.9. The summed E-state index contributed by atoms with van der Waals surface area (Å²) in [6, 6.07) is 5.05. The number of aliphatic hydroxyl groups excluding tert-OH is 1. The van der Waals surface area contributed by atoms with Gasteiger partial charge in [0.2, 0.25) is 10.0 Å². The monoisotopic (exact) mass is 311 g/mol. The SMILES string of the molecule is COCCN(C)S(=O)(=O)c1ccc(C)cc1C#CCCO. The number of methoxy groups -OCH3 is 1. The summed E-state index contributed by atoms with van der Waals surface area (Å²) in [5.41, 5.74) is 1.38. The van der Waals surface area contributed by atoms with Crippen LogP contribution in [0.2, 0.25) is 0 Å². The number of sulfonamides is 1. The van der Waals surface area contributed by atoms with Crippen LogP contribution in [-0.4, -0.2) is 51.7 Å². The van der Waals surface area contributed by atoms with E-state index in [4.69, 9.17) is 9.84 Å². The van der Waals surface area contributed by atoms with Crippen LogP contribution in [0.4, 0.5) is 0 Å². The van der Waals surface area contributed by atoms with Gasteiger partial charge in [0.1, 0.15) is 0 Å². The van der Waals surface area contributed by atoms with Crippen molar-refractivity contribution in [1.29, 1.82) is 0 Å². The van der Waals surface area contributed by atoms with Crippen molar-refractivity contribution in [2.24, 2.45) is 0 Å². The van der Waals surface area contributed by atoms with Crippen LogP contribution in [0.1, 0.15) is 17.5 Å². The summed E-state index contributed by atoms with van der Waals surface area (Å²) in [4.78, 5) is 0.178. The Hall–Kier alpha value is -1.39. The number of aliphatic hydroxyl groups is 1. The van der Waals surface area contributed by atoms with E-state index in [0.717, 1.165) is 5.56 Å². The number of hydrogen-bond donors (Lipinski definition) is 1. The fourth-order valence-corrected chi connectivity index (χ4v) is 2.97. The summed E-state index contributed by atoms with van der Waals surface area (Å²) in [7, 11) is -0.568. The van der Waals surface area contributed by atoms with E-state index in [0.29, 0.717) is 18.6 Å². The standard InChI is InChI=1S/C15H21NO4S/c1-13-7-8-15(14(12-13)6-4-5-10-17)21(18,19)16(2)9-11-20-3/h7-8,12,17H,5,9-11H2,1-3H3. The van der Waals surface area contributed by atoms with E-state index < -0.39 is 10.0 Å². The molecule has 0 fully saturated rings. The number of hydrogen-bond acceptors (Lipinski definition) is 4. The molecule has 0 saturated heterocycles. The highest BCUT2D eigenvalue weighted by atomic mass is 32.2. The molecule has 0 saturated carbocycles. The minimum Gasteiger partial charge on any atom is -0.395 e. The molecule has 5 nitrogen and oxygen atoms in total. The summed E-state index contributed by atoms with van der Waals surface area (Å²) in [5, 5.41) is 8.77. The van der Waals surface area contributed by atoms with Gasteiger partial charge in [0.25, 0.3) is 0 Å². The van der Waals surface area contributed by atoms with Crippen molar-refractivity contribution in [1.82, 2.24) is 4.31 Å². The molecule has 0 aliphatic heterocycles. The molecule has 0 unspecified atom stereocenters. The fourth-order valence-electron chi connectivity index (χ4n) is 1.69. The molecule has 0 radical (unpaired) electrons. The summed E-state index contributed by atoms with van der Waals surface area (Å²) in [6.07, 6.45) is 0.312. The van der Waals surface area contributed by atoms with Crippen molar-refractivity contribution in [3.05, 3.63) is 29.3 Å².